The number of carbonyl (C=O) groups is 1. The largest absolute Gasteiger partial charge is 0.467 e. The van der Waals surface area contributed by atoms with E-state index in [1.165, 1.54) is 0 Å². The molecule has 1 atom stereocenters. The van der Waals surface area contributed by atoms with Gasteiger partial charge in [-0.05, 0) is 71.6 Å². The molecular formula is C33H42N6O5. The van der Waals surface area contributed by atoms with Gasteiger partial charge in [-0.1, -0.05) is 24.0 Å². The normalized spacial score (nSPS) is 19.4. The third-order valence-electron chi connectivity index (χ3n) is 7.70. The van der Waals surface area contributed by atoms with Crippen molar-refractivity contribution in [2.24, 2.45) is 5.92 Å². The van der Waals surface area contributed by atoms with E-state index < -0.39 is 5.60 Å². The topological polar surface area (TPSA) is 127 Å². The predicted octanol–water partition coefficient (Wildman–Crippen LogP) is 5.33. The van der Waals surface area contributed by atoms with Gasteiger partial charge in [-0.25, -0.2) is 4.79 Å². The number of hydrogen-bond acceptors (Lipinski definition) is 9. The van der Waals surface area contributed by atoms with Crippen LogP contribution in [0.15, 0.2) is 42.7 Å². The minimum absolute atomic E-state index is 0.112. The third-order valence-corrected chi connectivity index (χ3v) is 7.70. The van der Waals surface area contributed by atoms with Crippen molar-refractivity contribution in [3.8, 4) is 40.0 Å². The van der Waals surface area contributed by atoms with Gasteiger partial charge in [0, 0.05) is 49.0 Å². The second-order valence-electron chi connectivity index (χ2n) is 12.3. The lowest BCUT2D eigenvalue weighted by Crippen LogP contribution is -2.45. The summed E-state index contributed by atoms with van der Waals surface area (Å²) in [6.45, 7) is 9.14. The molecule has 0 spiro atoms. The molecule has 0 unspecified atom stereocenters. The minimum Gasteiger partial charge on any atom is -0.467 e. The quantitative estimate of drug-likeness (QED) is 0.269. The summed E-state index contributed by atoms with van der Waals surface area (Å²) in [6.07, 6.45) is 7.37. The van der Waals surface area contributed by atoms with Gasteiger partial charge >= 0.3 is 6.09 Å². The second kappa shape index (κ2) is 13.7. The maximum atomic E-state index is 12.3. The molecule has 1 saturated heterocycles. The number of rotatable bonds is 8. The van der Waals surface area contributed by atoms with Crippen LogP contribution in [0.5, 0.6) is 5.75 Å². The molecule has 1 saturated carbocycles. The average Bonchev–Trinajstić information content (AvgIpc) is 3.47. The number of nitrogen functional groups attached to an aromatic ring is 1. The molecule has 2 aromatic heterocycles. The van der Waals surface area contributed by atoms with Crippen molar-refractivity contribution in [2.45, 2.75) is 77.2 Å². The van der Waals surface area contributed by atoms with Crippen LogP contribution in [0.4, 0.5) is 10.6 Å². The van der Waals surface area contributed by atoms with Gasteiger partial charge in [-0.3, -0.25) is 4.68 Å². The maximum absolute atomic E-state index is 12.3. The fourth-order valence-electron chi connectivity index (χ4n) is 5.25. The van der Waals surface area contributed by atoms with Crippen molar-refractivity contribution in [2.75, 3.05) is 32.7 Å². The number of benzene rings is 1. The van der Waals surface area contributed by atoms with Gasteiger partial charge in [-0.2, -0.15) is 5.10 Å². The summed E-state index contributed by atoms with van der Waals surface area (Å²) in [4.78, 5) is 14.1. The molecule has 1 aromatic carbocycles. The van der Waals surface area contributed by atoms with Crippen LogP contribution in [-0.2, 0) is 14.2 Å². The van der Waals surface area contributed by atoms with E-state index in [0.29, 0.717) is 36.3 Å². The molecule has 0 bridgehead atoms. The Morgan fingerprint density at radius 1 is 1.11 bits per heavy atom. The van der Waals surface area contributed by atoms with Crippen molar-refractivity contribution >= 4 is 11.9 Å². The molecule has 2 aliphatic rings. The Kier molecular flexibility index (Phi) is 9.71. The Balaban J connectivity index is 1.13. The van der Waals surface area contributed by atoms with E-state index in [-0.39, 0.29) is 31.1 Å². The van der Waals surface area contributed by atoms with Gasteiger partial charge < -0.3 is 29.6 Å². The van der Waals surface area contributed by atoms with Crippen LogP contribution in [-0.4, -0.2) is 75.8 Å². The zero-order valence-corrected chi connectivity index (χ0v) is 26.2. The molecule has 5 rings (SSSR count). The standard InChI is InChI=1S/C33H42N6O5/c1-22(10-11-23-16-26(17-23)43-25-12-14-38(15-13-25)32(40)44-33(2,3)4)39-20-24(19-35-39)28-18-29(36-37-31(28)34)27-8-6-7-9-30(27)42-21-41-5/h6-9,18-20,22-23,25-26H,12-17,21H2,1-5H3,(H2,34,37)/t22-,23?,26?/m0/s1. The molecule has 0 radical (unpaired) electrons. The van der Waals surface area contributed by atoms with Crippen LogP contribution >= 0.6 is 0 Å². The number of anilines is 1. The van der Waals surface area contributed by atoms with Gasteiger partial charge in [0.05, 0.1) is 24.1 Å². The molecule has 3 aromatic rings. The fraction of sp³-hybridized carbons (Fsp3) is 0.515. The first kappa shape index (κ1) is 31.3. The highest BCUT2D eigenvalue weighted by Gasteiger charge is 2.33. The van der Waals surface area contributed by atoms with E-state index in [1.807, 2.05) is 68.9 Å². The van der Waals surface area contributed by atoms with Crippen molar-refractivity contribution in [3.63, 3.8) is 0 Å². The Bertz CT molecular complexity index is 1490. The number of piperidine rings is 1. The molecule has 11 nitrogen and oxygen atoms in total. The average molecular weight is 603 g/mol. The number of aromatic nitrogens is 4. The van der Waals surface area contributed by atoms with Crippen molar-refractivity contribution in [3.05, 3.63) is 42.7 Å². The first-order chi connectivity index (χ1) is 21.1. The highest BCUT2D eigenvalue weighted by Crippen LogP contribution is 2.34. The highest BCUT2D eigenvalue weighted by atomic mass is 16.7. The monoisotopic (exact) mass is 602 g/mol. The van der Waals surface area contributed by atoms with Gasteiger partial charge in [0.15, 0.2) is 12.6 Å². The highest BCUT2D eigenvalue weighted by molar-refractivity contribution is 5.78. The number of nitrogens with zero attached hydrogens (tertiary/aromatic N) is 5. The molecule has 1 aliphatic carbocycles. The van der Waals surface area contributed by atoms with Crippen LogP contribution in [0.2, 0.25) is 0 Å². The van der Waals surface area contributed by atoms with Gasteiger partial charge in [0.2, 0.25) is 0 Å². The van der Waals surface area contributed by atoms with Crippen LogP contribution in [0, 0.1) is 17.8 Å². The zero-order valence-electron chi connectivity index (χ0n) is 26.2. The van der Waals surface area contributed by atoms with E-state index >= 15 is 0 Å². The number of methoxy groups -OCH3 is 1. The second-order valence-corrected chi connectivity index (χ2v) is 12.3. The number of carbonyl (C=O) groups excluding carboxylic acids is 1. The number of ether oxygens (including phenoxy) is 4. The lowest BCUT2D eigenvalue weighted by molar-refractivity contribution is -0.0849. The van der Waals surface area contributed by atoms with E-state index in [9.17, 15) is 4.79 Å². The van der Waals surface area contributed by atoms with Crippen molar-refractivity contribution in [1.29, 1.82) is 0 Å². The number of amides is 1. The third kappa shape index (κ3) is 7.87. The first-order valence-corrected chi connectivity index (χ1v) is 15.1. The number of nitrogens with two attached hydrogens (primary N) is 1. The Hall–Kier alpha value is -4.14. The summed E-state index contributed by atoms with van der Waals surface area (Å²) < 4.78 is 24.4. The van der Waals surface area contributed by atoms with Crippen LogP contribution < -0.4 is 10.5 Å². The molecule has 2 N–H and O–H groups in total. The Morgan fingerprint density at radius 3 is 2.59 bits per heavy atom. The Labute approximate surface area is 259 Å². The Morgan fingerprint density at radius 2 is 1.86 bits per heavy atom. The molecule has 2 fully saturated rings. The maximum Gasteiger partial charge on any atom is 0.410 e. The number of para-hydroxylation sites is 1. The molecule has 234 valence electrons. The van der Waals surface area contributed by atoms with Crippen LogP contribution in [0.25, 0.3) is 22.4 Å². The van der Waals surface area contributed by atoms with Crippen molar-refractivity contribution in [1.82, 2.24) is 24.9 Å². The molecule has 3 heterocycles. The fourth-order valence-corrected chi connectivity index (χ4v) is 5.25. The SMILES string of the molecule is COCOc1ccccc1-c1cc(-c2cnn([C@@H](C)C#CC3CC(OC4CCN(C(=O)OC(C)(C)C)CC4)C3)c2)c(N)nn1. The molecule has 11 heteroatoms. The molecular weight excluding hydrogens is 560 g/mol. The zero-order chi connectivity index (χ0) is 31.3. The minimum atomic E-state index is -0.480. The molecule has 44 heavy (non-hydrogen) atoms. The van der Waals surface area contributed by atoms with Crippen LogP contribution in [0.3, 0.4) is 0 Å². The van der Waals surface area contributed by atoms with Crippen LogP contribution in [0.1, 0.15) is 59.4 Å². The lowest BCUT2D eigenvalue weighted by atomic mass is 9.82. The van der Waals surface area contributed by atoms with Gasteiger partial charge in [0.1, 0.15) is 17.4 Å². The summed E-state index contributed by atoms with van der Waals surface area (Å²) >= 11 is 0. The molecule has 1 aliphatic heterocycles. The number of likely N-dealkylation sites (tertiary alicyclic amines) is 1. The smallest absolute Gasteiger partial charge is 0.410 e. The van der Waals surface area contributed by atoms with E-state index in [4.69, 9.17) is 24.7 Å². The van der Waals surface area contributed by atoms with Crippen molar-refractivity contribution < 1.29 is 23.7 Å². The predicted molar refractivity (Wildman–Crippen MR) is 167 cm³/mol. The summed E-state index contributed by atoms with van der Waals surface area (Å²) in [5.74, 6) is 8.04. The lowest BCUT2D eigenvalue weighted by Gasteiger charge is -2.38. The first-order valence-electron chi connectivity index (χ1n) is 15.1. The van der Waals surface area contributed by atoms with Gasteiger partial charge in [-0.15, -0.1) is 10.2 Å². The summed E-state index contributed by atoms with van der Waals surface area (Å²) in [7, 11) is 1.58. The van der Waals surface area contributed by atoms with E-state index in [0.717, 1.165) is 42.4 Å². The van der Waals surface area contributed by atoms with Gasteiger partial charge in [0.25, 0.3) is 0 Å². The van der Waals surface area contributed by atoms with E-state index in [2.05, 4.69) is 27.1 Å². The summed E-state index contributed by atoms with van der Waals surface area (Å²) in [5, 5.41) is 13.1. The number of hydrogen-bond donors (Lipinski definition) is 1. The van der Waals surface area contributed by atoms with E-state index in [1.54, 1.807) is 18.2 Å². The summed E-state index contributed by atoms with van der Waals surface area (Å²) in [5.41, 5.74) is 8.74. The molecule has 1 amide bonds. The summed E-state index contributed by atoms with van der Waals surface area (Å²) in [6, 6.07) is 9.37.